The van der Waals surface area contributed by atoms with Gasteiger partial charge in [0.25, 0.3) is 0 Å². The van der Waals surface area contributed by atoms with Crippen LogP contribution in [0.15, 0.2) is 0 Å². The van der Waals surface area contributed by atoms with Gasteiger partial charge in [0, 0.05) is 6.42 Å². The van der Waals surface area contributed by atoms with Crippen molar-refractivity contribution in [3.63, 3.8) is 0 Å². The van der Waals surface area contributed by atoms with Crippen molar-refractivity contribution in [3.8, 4) is 0 Å². The van der Waals surface area contributed by atoms with E-state index >= 15 is 0 Å². The number of aliphatic hydroxyl groups is 2. The average molecular weight is 896 g/mol. The quantitative estimate of drug-likeness (QED) is 0.0415. The molecule has 0 saturated carbocycles. The molecule has 2 atom stereocenters. The Morgan fingerprint density at radius 3 is 0.810 bits per heavy atom. The molecule has 2 unspecified atom stereocenters. The van der Waals surface area contributed by atoms with Crippen LogP contribution in [0.3, 0.4) is 0 Å². The van der Waals surface area contributed by atoms with E-state index in [1.54, 1.807) is 0 Å². The zero-order valence-electron chi connectivity index (χ0n) is 43.1. The molecule has 0 rings (SSSR count). The Morgan fingerprint density at radius 2 is 0.587 bits per heavy atom. The predicted octanol–water partition coefficient (Wildman–Crippen LogP) is 18.4. The monoisotopic (exact) mass is 895 g/mol. The van der Waals surface area contributed by atoms with Crippen LogP contribution >= 0.6 is 0 Å². The van der Waals surface area contributed by atoms with E-state index in [1.165, 1.54) is 263 Å². The topological polar surface area (TPSA) is 104 Å². The van der Waals surface area contributed by atoms with Gasteiger partial charge in [-0.1, -0.05) is 303 Å². The first kappa shape index (κ1) is 63.9. The first-order chi connectivity index (χ1) is 30.9. The number of carboxylic acids is 1. The molecule has 0 aromatic rings. The second-order valence-electron chi connectivity index (χ2n) is 19.7. The van der Waals surface area contributed by atoms with Crippen LogP contribution in [0.25, 0.3) is 0 Å². The van der Waals surface area contributed by atoms with Gasteiger partial charge >= 0.3 is 11.9 Å². The molecule has 0 fully saturated rings. The predicted molar refractivity (Wildman–Crippen MR) is 274 cm³/mol. The lowest BCUT2D eigenvalue weighted by Gasteiger charge is -2.12. The van der Waals surface area contributed by atoms with Crippen molar-refractivity contribution in [2.75, 3.05) is 13.2 Å². The van der Waals surface area contributed by atoms with E-state index in [4.69, 9.17) is 14.9 Å². The molecule has 63 heavy (non-hydrogen) atoms. The molecule has 0 bridgehead atoms. The maximum atomic E-state index is 11.7. The smallest absolute Gasteiger partial charge is 0.306 e. The van der Waals surface area contributed by atoms with Crippen molar-refractivity contribution < 1.29 is 29.6 Å². The van der Waals surface area contributed by atoms with Gasteiger partial charge in [-0.15, -0.1) is 0 Å². The number of carboxylic acid groups (broad SMARTS) is 1. The van der Waals surface area contributed by atoms with Crippen molar-refractivity contribution in [1.82, 2.24) is 0 Å². The van der Waals surface area contributed by atoms with Crippen molar-refractivity contribution in [2.45, 2.75) is 335 Å². The number of esters is 1. The van der Waals surface area contributed by atoms with E-state index in [1.807, 2.05) is 0 Å². The Kier molecular flexibility index (Phi) is 57.8. The Bertz CT molecular complexity index is 864. The average Bonchev–Trinajstić information content (AvgIpc) is 3.28. The van der Waals surface area contributed by atoms with Crippen molar-refractivity contribution in [2.24, 2.45) is 5.92 Å². The summed E-state index contributed by atoms with van der Waals surface area (Å²) in [5, 5.41) is 27.3. The number of aliphatic carboxylic acids is 1. The molecule has 3 N–H and O–H groups in total. The van der Waals surface area contributed by atoms with Gasteiger partial charge in [0.1, 0.15) is 12.7 Å². The van der Waals surface area contributed by atoms with Crippen LogP contribution in [0, 0.1) is 5.92 Å². The fourth-order valence-electron chi connectivity index (χ4n) is 8.87. The molecule has 0 radical (unpaired) electrons. The van der Waals surface area contributed by atoms with Crippen LogP contribution < -0.4 is 0 Å². The van der Waals surface area contributed by atoms with Crippen molar-refractivity contribution >= 4 is 11.9 Å². The Labute approximate surface area is 394 Å². The molecule has 6 nitrogen and oxygen atoms in total. The molecule has 0 spiro atoms. The Hall–Kier alpha value is -1.14. The van der Waals surface area contributed by atoms with Crippen molar-refractivity contribution in [1.29, 1.82) is 0 Å². The summed E-state index contributed by atoms with van der Waals surface area (Å²) in [5.74, 6) is -0.929. The van der Waals surface area contributed by atoms with Crippen LogP contribution in [0.5, 0.6) is 0 Å². The highest BCUT2D eigenvalue weighted by molar-refractivity contribution is 5.70. The van der Waals surface area contributed by atoms with Crippen LogP contribution in [0.1, 0.15) is 329 Å². The molecule has 0 aliphatic rings. The molecule has 6 heteroatoms. The molecule has 0 amide bonds. The third kappa shape index (κ3) is 56.9. The molecule has 0 aromatic heterocycles. The summed E-state index contributed by atoms with van der Waals surface area (Å²) in [7, 11) is 0. The van der Waals surface area contributed by atoms with Crippen LogP contribution in [-0.4, -0.2) is 46.6 Å². The molecular weight excluding hydrogens is 781 g/mol. The number of carbonyl (C=O) groups is 2. The number of ether oxygens (including phenoxy) is 1. The van der Waals surface area contributed by atoms with Crippen LogP contribution in [-0.2, 0) is 14.3 Å². The second kappa shape index (κ2) is 57.0. The van der Waals surface area contributed by atoms with Gasteiger partial charge in [-0.25, -0.2) is 0 Å². The Morgan fingerprint density at radius 1 is 0.365 bits per heavy atom. The zero-order valence-corrected chi connectivity index (χ0v) is 43.1. The first-order valence-electron chi connectivity index (χ1n) is 28.6. The summed E-state index contributed by atoms with van der Waals surface area (Å²) < 4.78 is 4.86. The number of rotatable bonds is 52. The summed E-state index contributed by atoms with van der Waals surface area (Å²) in [5.41, 5.74) is 0. The standard InChI is InChI=1S/C36H72O2.C21H42O4/c1-3-5-7-9-11-13-15-17-19-20-22-24-26-28-30-32-34-35(36(37)38)33-31-29-27-25-23-21-18-16-14-12-10-8-6-4-2;1-2-3-4-5-6-7-8-9-10-11-12-13-14-15-16-17-21(24)25-19-20(23)18-22/h35H,3-34H2,1-2H3,(H,37,38);20,22-23H,2-19H2,1H3. The summed E-state index contributed by atoms with van der Waals surface area (Å²) in [6.07, 6.45) is 61.8. The lowest BCUT2D eigenvalue weighted by Crippen LogP contribution is -2.21. The van der Waals surface area contributed by atoms with Gasteiger partial charge in [-0.05, 0) is 19.3 Å². The second-order valence-corrected chi connectivity index (χ2v) is 19.7. The largest absolute Gasteiger partial charge is 0.481 e. The summed E-state index contributed by atoms with van der Waals surface area (Å²) in [6.45, 7) is 6.37. The highest BCUT2D eigenvalue weighted by Crippen LogP contribution is 2.21. The minimum absolute atomic E-state index is 0.0982. The number of aliphatic hydroxyl groups excluding tert-OH is 2. The molecule has 0 heterocycles. The van der Waals surface area contributed by atoms with Gasteiger partial charge in [0.15, 0.2) is 0 Å². The van der Waals surface area contributed by atoms with Crippen LogP contribution in [0.2, 0.25) is 0 Å². The van der Waals surface area contributed by atoms with Crippen LogP contribution in [0.4, 0.5) is 0 Å². The number of unbranched alkanes of at least 4 members (excludes halogenated alkanes) is 42. The lowest BCUT2D eigenvalue weighted by molar-refractivity contribution is -0.147. The van der Waals surface area contributed by atoms with Gasteiger partial charge in [0.2, 0.25) is 0 Å². The SMILES string of the molecule is CCCCCCCCCCCCCCCCCC(=O)OCC(O)CO.CCCCCCCCCCCCCCCCCCC(CCCCCCCCCCCCCCCC)C(=O)O. The van der Waals surface area contributed by atoms with Gasteiger partial charge < -0.3 is 20.1 Å². The summed E-state index contributed by atoms with van der Waals surface area (Å²) in [6, 6.07) is 0. The van der Waals surface area contributed by atoms with E-state index in [-0.39, 0.29) is 25.1 Å². The third-order valence-corrected chi connectivity index (χ3v) is 13.3. The third-order valence-electron chi connectivity index (χ3n) is 13.3. The molecule has 0 aromatic carbocycles. The molecule has 0 aliphatic carbocycles. The van der Waals surface area contributed by atoms with Gasteiger partial charge in [0.05, 0.1) is 12.5 Å². The van der Waals surface area contributed by atoms with Crippen molar-refractivity contribution in [3.05, 3.63) is 0 Å². The fraction of sp³-hybridized carbons (Fsp3) is 0.965. The van der Waals surface area contributed by atoms with E-state index in [0.29, 0.717) is 6.42 Å². The normalized spacial score (nSPS) is 12.3. The van der Waals surface area contributed by atoms with E-state index in [2.05, 4.69) is 20.8 Å². The summed E-state index contributed by atoms with van der Waals surface area (Å²) >= 11 is 0. The first-order valence-corrected chi connectivity index (χ1v) is 28.6. The fourth-order valence-corrected chi connectivity index (χ4v) is 8.87. The molecule has 378 valence electrons. The highest BCUT2D eigenvalue weighted by atomic mass is 16.5. The molecule has 0 aliphatic heterocycles. The highest BCUT2D eigenvalue weighted by Gasteiger charge is 2.16. The lowest BCUT2D eigenvalue weighted by atomic mass is 9.94. The van der Waals surface area contributed by atoms with E-state index in [0.717, 1.165) is 38.5 Å². The minimum atomic E-state index is -0.954. The maximum Gasteiger partial charge on any atom is 0.306 e. The maximum absolute atomic E-state index is 11.7. The zero-order chi connectivity index (χ0) is 46.4. The molecule has 0 saturated heterocycles. The number of hydrogen-bond acceptors (Lipinski definition) is 5. The number of hydrogen-bond donors (Lipinski definition) is 3. The van der Waals surface area contributed by atoms with E-state index < -0.39 is 12.1 Å². The Balaban J connectivity index is 0. The minimum Gasteiger partial charge on any atom is -0.481 e. The van der Waals surface area contributed by atoms with E-state index in [9.17, 15) is 14.7 Å². The van der Waals surface area contributed by atoms with Gasteiger partial charge in [-0.2, -0.15) is 0 Å². The summed E-state index contributed by atoms with van der Waals surface area (Å²) in [4.78, 5) is 23.0. The molecular formula is C57H114O6. The number of carbonyl (C=O) groups excluding carboxylic acids is 1. The van der Waals surface area contributed by atoms with Gasteiger partial charge in [-0.3, -0.25) is 9.59 Å².